The second-order valence-corrected chi connectivity index (χ2v) is 7.16. The molecule has 2 N–H and O–H groups in total. The van der Waals surface area contributed by atoms with Gasteiger partial charge in [0.05, 0.1) is 11.9 Å². The van der Waals surface area contributed by atoms with Gasteiger partial charge in [-0.05, 0) is 18.2 Å². The van der Waals surface area contributed by atoms with Crippen LogP contribution in [0.15, 0.2) is 18.2 Å². The van der Waals surface area contributed by atoms with Crippen molar-refractivity contribution in [3.8, 4) is 0 Å². The Hall–Kier alpha value is -1.22. The first-order valence-corrected chi connectivity index (χ1v) is 8.04. The predicted octanol–water partition coefficient (Wildman–Crippen LogP) is 0.829. The lowest BCUT2D eigenvalue weighted by Gasteiger charge is -2.20. The summed E-state index contributed by atoms with van der Waals surface area (Å²) in [6.07, 6.45) is -1.24. The van der Waals surface area contributed by atoms with Gasteiger partial charge in [-0.3, -0.25) is 4.79 Å². The summed E-state index contributed by atoms with van der Waals surface area (Å²) >= 11 is 5.70. The summed E-state index contributed by atoms with van der Waals surface area (Å²) < 4.78 is 38.8. The monoisotopic (exact) mass is 337 g/mol. The van der Waals surface area contributed by atoms with E-state index in [0.717, 1.165) is 6.07 Å². The molecule has 1 aliphatic heterocycles. The number of rotatable bonds is 4. The quantitative estimate of drug-likeness (QED) is 0.848. The zero-order valence-electron chi connectivity index (χ0n) is 10.7. The number of benzene rings is 1. The number of aliphatic hydroxyl groups excluding tert-OH is 1. The third kappa shape index (κ3) is 3.52. The number of carboxylic acid groups (broad SMARTS) is 1. The van der Waals surface area contributed by atoms with Crippen molar-refractivity contribution < 1.29 is 27.8 Å². The Balaban J connectivity index is 2.29. The highest BCUT2D eigenvalue weighted by Gasteiger charge is 2.43. The molecule has 0 radical (unpaired) electrons. The number of halogens is 2. The number of hydrogen-bond acceptors (Lipinski definition) is 4. The number of hydrogen-bond donors (Lipinski definition) is 2. The second kappa shape index (κ2) is 5.88. The van der Waals surface area contributed by atoms with Crippen molar-refractivity contribution in [3.05, 3.63) is 34.6 Å². The molecule has 0 saturated carbocycles. The summed E-state index contributed by atoms with van der Waals surface area (Å²) in [6.45, 7) is -0.318. The number of aliphatic carboxylic acids is 1. The fourth-order valence-corrected chi connectivity index (χ4v) is 4.19. The highest BCUT2D eigenvalue weighted by molar-refractivity contribution is 7.88. The molecule has 21 heavy (non-hydrogen) atoms. The molecule has 2 rings (SSSR count). The minimum atomic E-state index is -4.09. The van der Waals surface area contributed by atoms with E-state index in [-0.39, 0.29) is 23.6 Å². The summed E-state index contributed by atoms with van der Waals surface area (Å²) in [5.74, 6) is -2.80. The third-order valence-corrected chi connectivity index (χ3v) is 5.25. The van der Waals surface area contributed by atoms with E-state index in [1.807, 2.05) is 0 Å². The van der Waals surface area contributed by atoms with Gasteiger partial charge in [0.2, 0.25) is 10.0 Å². The maximum absolute atomic E-state index is 13.6. The summed E-state index contributed by atoms with van der Waals surface area (Å²) in [5, 5.41) is 18.7. The Kier molecular flexibility index (Phi) is 4.52. The lowest BCUT2D eigenvalue weighted by Crippen LogP contribution is -2.41. The topological polar surface area (TPSA) is 94.9 Å². The first-order chi connectivity index (χ1) is 9.70. The number of nitrogens with zero attached hydrogens (tertiary/aromatic N) is 1. The van der Waals surface area contributed by atoms with Crippen LogP contribution in [0, 0.1) is 5.82 Å². The van der Waals surface area contributed by atoms with Crippen LogP contribution in [0.2, 0.25) is 5.02 Å². The molecule has 0 bridgehead atoms. The smallest absolute Gasteiger partial charge is 0.322 e. The van der Waals surface area contributed by atoms with Crippen LogP contribution in [0.25, 0.3) is 0 Å². The fourth-order valence-electron chi connectivity index (χ4n) is 2.25. The molecular formula is C12H13ClFNO5S. The molecule has 1 aromatic carbocycles. The van der Waals surface area contributed by atoms with E-state index in [2.05, 4.69) is 0 Å². The number of β-amino-alcohol motifs (C(OH)–C–C–N with tert-alkyl or cyclic N) is 1. The number of carbonyl (C=O) groups is 1. The molecule has 0 spiro atoms. The molecule has 1 saturated heterocycles. The molecule has 1 fully saturated rings. The molecule has 9 heteroatoms. The van der Waals surface area contributed by atoms with Crippen LogP contribution in [0.4, 0.5) is 4.39 Å². The van der Waals surface area contributed by atoms with Crippen molar-refractivity contribution in [2.45, 2.75) is 24.3 Å². The molecule has 116 valence electrons. The molecule has 0 aromatic heterocycles. The van der Waals surface area contributed by atoms with Crippen molar-refractivity contribution in [1.82, 2.24) is 4.31 Å². The van der Waals surface area contributed by atoms with Crippen LogP contribution in [0.5, 0.6) is 0 Å². The summed E-state index contributed by atoms with van der Waals surface area (Å²) in [7, 11) is -4.09. The summed E-state index contributed by atoms with van der Waals surface area (Å²) in [6, 6.07) is 2.16. The average molecular weight is 338 g/mol. The maximum atomic E-state index is 13.6. The number of carboxylic acids is 1. The first-order valence-electron chi connectivity index (χ1n) is 6.05. The van der Waals surface area contributed by atoms with E-state index in [1.54, 1.807) is 0 Å². The van der Waals surface area contributed by atoms with Crippen LogP contribution in [-0.2, 0) is 20.6 Å². The van der Waals surface area contributed by atoms with Gasteiger partial charge in [0.25, 0.3) is 0 Å². The molecule has 2 atom stereocenters. The minimum Gasteiger partial charge on any atom is -0.480 e. The third-order valence-electron chi connectivity index (χ3n) is 3.22. The SMILES string of the molecule is O=C(O)[C@H]1C[C@H](O)CN1S(=O)(=O)Cc1cc(Cl)ccc1F. The van der Waals surface area contributed by atoms with E-state index in [1.165, 1.54) is 12.1 Å². The molecule has 1 aliphatic rings. The summed E-state index contributed by atoms with van der Waals surface area (Å²) in [4.78, 5) is 11.1. The second-order valence-electron chi connectivity index (χ2n) is 4.81. The molecule has 6 nitrogen and oxygen atoms in total. The van der Waals surface area contributed by atoms with Crippen LogP contribution in [-0.4, -0.2) is 47.6 Å². The molecule has 0 aliphatic carbocycles. The lowest BCUT2D eigenvalue weighted by atomic mass is 10.2. The lowest BCUT2D eigenvalue weighted by molar-refractivity contribution is -0.140. The van der Waals surface area contributed by atoms with Crippen molar-refractivity contribution in [1.29, 1.82) is 0 Å². The van der Waals surface area contributed by atoms with Gasteiger partial charge in [0.1, 0.15) is 11.9 Å². The normalized spacial score (nSPS) is 23.4. The molecule has 1 aromatic rings. The van der Waals surface area contributed by atoms with Crippen molar-refractivity contribution in [2.75, 3.05) is 6.54 Å². The van der Waals surface area contributed by atoms with Crippen molar-refractivity contribution in [3.63, 3.8) is 0 Å². The van der Waals surface area contributed by atoms with Crippen LogP contribution in [0.3, 0.4) is 0 Å². The van der Waals surface area contributed by atoms with Gasteiger partial charge in [-0.25, -0.2) is 12.8 Å². The van der Waals surface area contributed by atoms with Gasteiger partial charge in [-0.15, -0.1) is 0 Å². The Labute approximate surface area is 125 Å². The van der Waals surface area contributed by atoms with E-state index >= 15 is 0 Å². The Morgan fingerprint density at radius 1 is 1.48 bits per heavy atom. The molecule has 1 heterocycles. The van der Waals surface area contributed by atoms with Gasteiger partial charge in [0.15, 0.2) is 0 Å². The molecule has 0 amide bonds. The van der Waals surface area contributed by atoms with Gasteiger partial charge >= 0.3 is 5.97 Å². The number of aliphatic hydroxyl groups is 1. The molecular weight excluding hydrogens is 325 g/mol. The van der Waals surface area contributed by atoms with E-state index in [9.17, 15) is 22.7 Å². The number of sulfonamides is 1. The van der Waals surface area contributed by atoms with Gasteiger partial charge in [-0.2, -0.15) is 4.31 Å². The Bertz CT molecular complexity index is 666. The standard InChI is InChI=1S/C12H13ClFNO5S/c13-8-1-2-10(14)7(3-8)6-21(19,20)15-5-9(16)4-11(15)12(17)18/h1-3,9,11,16H,4-6H2,(H,17,18)/t9-,11+/m0/s1. The fraction of sp³-hybridized carbons (Fsp3) is 0.417. The minimum absolute atomic E-state index is 0.145. The van der Waals surface area contributed by atoms with Gasteiger partial charge in [-0.1, -0.05) is 11.6 Å². The van der Waals surface area contributed by atoms with E-state index in [4.69, 9.17) is 16.7 Å². The largest absolute Gasteiger partial charge is 0.480 e. The van der Waals surface area contributed by atoms with Crippen LogP contribution in [0.1, 0.15) is 12.0 Å². The summed E-state index contributed by atoms with van der Waals surface area (Å²) in [5.41, 5.74) is -0.145. The van der Waals surface area contributed by atoms with E-state index in [0.29, 0.717) is 4.31 Å². The Morgan fingerprint density at radius 2 is 2.14 bits per heavy atom. The zero-order chi connectivity index (χ0) is 15.8. The first kappa shape index (κ1) is 16.2. The van der Waals surface area contributed by atoms with Crippen molar-refractivity contribution >= 4 is 27.6 Å². The van der Waals surface area contributed by atoms with Gasteiger partial charge < -0.3 is 10.2 Å². The average Bonchev–Trinajstić information content (AvgIpc) is 2.77. The van der Waals surface area contributed by atoms with E-state index < -0.39 is 39.7 Å². The highest BCUT2D eigenvalue weighted by Crippen LogP contribution is 2.25. The predicted molar refractivity (Wildman–Crippen MR) is 72.8 cm³/mol. The molecule has 0 unspecified atom stereocenters. The van der Waals surface area contributed by atoms with Gasteiger partial charge in [0, 0.05) is 23.6 Å². The Morgan fingerprint density at radius 3 is 2.76 bits per heavy atom. The highest BCUT2D eigenvalue weighted by atomic mass is 35.5. The van der Waals surface area contributed by atoms with Crippen molar-refractivity contribution in [2.24, 2.45) is 0 Å². The van der Waals surface area contributed by atoms with Crippen LogP contribution < -0.4 is 0 Å². The zero-order valence-corrected chi connectivity index (χ0v) is 12.3. The maximum Gasteiger partial charge on any atom is 0.322 e. The van der Waals surface area contributed by atoms with Crippen LogP contribution >= 0.6 is 11.6 Å².